The van der Waals surface area contributed by atoms with Crippen molar-refractivity contribution in [3.05, 3.63) is 59.9 Å². The third-order valence-electron chi connectivity index (χ3n) is 3.89. The van der Waals surface area contributed by atoms with Crippen LogP contribution in [0.1, 0.15) is 31.7 Å². The second kappa shape index (κ2) is 8.77. The van der Waals surface area contributed by atoms with Crippen LogP contribution in [0.4, 0.5) is 4.39 Å². The van der Waals surface area contributed by atoms with Crippen LogP contribution in [0.15, 0.2) is 53.4 Å². The van der Waals surface area contributed by atoms with E-state index in [1.165, 1.54) is 30.3 Å². The highest BCUT2D eigenvalue weighted by atomic mass is 32.2. The molecule has 0 spiro atoms. The van der Waals surface area contributed by atoms with Crippen LogP contribution in [0.2, 0.25) is 0 Å². The van der Waals surface area contributed by atoms with Gasteiger partial charge in [-0.3, -0.25) is 10.2 Å². The van der Waals surface area contributed by atoms with Gasteiger partial charge in [0.1, 0.15) is 0 Å². The van der Waals surface area contributed by atoms with Crippen LogP contribution in [0.5, 0.6) is 5.75 Å². The molecular weight excluding hydrogens is 359 g/mol. The van der Waals surface area contributed by atoms with Crippen LogP contribution in [0, 0.1) is 5.82 Å². The fourth-order valence-corrected chi connectivity index (χ4v) is 3.00. The summed E-state index contributed by atoms with van der Waals surface area (Å²) in [6, 6.07) is 12.0. The van der Waals surface area contributed by atoms with E-state index >= 15 is 0 Å². The molecule has 0 aromatic heterocycles. The lowest BCUT2D eigenvalue weighted by molar-refractivity contribution is -0.123. The minimum atomic E-state index is -3.91. The van der Waals surface area contributed by atoms with Crippen molar-refractivity contribution in [3.63, 3.8) is 0 Å². The molecule has 0 saturated carbocycles. The van der Waals surface area contributed by atoms with Crippen molar-refractivity contribution in [2.45, 2.75) is 31.1 Å². The number of hydrogen-bond acceptors (Lipinski definition) is 4. The van der Waals surface area contributed by atoms with Gasteiger partial charge in [-0.15, -0.1) is 4.83 Å². The zero-order valence-electron chi connectivity index (χ0n) is 14.5. The molecule has 0 bridgehead atoms. The lowest BCUT2D eigenvalue weighted by Gasteiger charge is -2.12. The van der Waals surface area contributed by atoms with E-state index in [1.807, 2.05) is 10.3 Å². The smallest absolute Gasteiger partial charge is 0.272 e. The molecule has 1 amide bonds. The molecule has 0 aliphatic carbocycles. The molecule has 0 aliphatic rings. The molecule has 2 aromatic carbocycles. The Balaban J connectivity index is 1.91. The zero-order chi connectivity index (χ0) is 19.2. The number of hydrazine groups is 1. The fourth-order valence-electron chi connectivity index (χ4n) is 2.14. The molecule has 0 aliphatic heterocycles. The summed E-state index contributed by atoms with van der Waals surface area (Å²) in [5, 5.41) is 0. The van der Waals surface area contributed by atoms with E-state index in [9.17, 15) is 17.6 Å². The molecule has 2 rings (SSSR count). The molecule has 26 heavy (non-hydrogen) atoms. The number of hydrogen-bond donors (Lipinski definition) is 2. The molecule has 0 fully saturated rings. The summed E-state index contributed by atoms with van der Waals surface area (Å²) in [4.78, 5) is 13.7. The Bertz CT molecular complexity index is 854. The zero-order valence-corrected chi connectivity index (χ0v) is 15.3. The van der Waals surface area contributed by atoms with E-state index in [0.717, 1.165) is 12.0 Å². The first kappa shape index (κ1) is 19.9. The standard InChI is InChI=1S/C18H21FN2O4S/c1-3-13(2)14-8-10-15(11-9-14)26(23,24)21-20-18(22)12-25-17-7-5-4-6-16(17)19/h4-11,13,21H,3,12H2,1-2H3,(H,20,22)/t13-/m0/s1. The molecule has 140 valence electrons. The summed E-state index contributed by atoms with van der Waals surface area (Å²) < 4.78 is 42.8. The number of ether oxygens (including phenoxy) is 1. The molecule has 2 aromatic rings. The second-order valence-electron chi connectivity index (χ2n) is 5.75. The van der Waals surface area contributed by atoms with Gasteiger partial charge in [0.25, 0.3) is 15.9 Å². The maximum atomic E-state index is 13.4. The topological polar surface area (TPSA) is 84.5 Å². The SMILES string of the molecule is CC[C@H](C)c1ccc(S(=O)(=O)NNC(=O)COc2ccccc2F)cc1. The lowest BCUT2D eigenvalue weighted by atomic mass is 9.99. The van der Waals surface area contributed by atoms with Crippen LogP contribution in [0.3, 0.4) is 0 Å². The monoisotopic (exact) mass is 380 g/mol. The number of amides is 1. The molecule has 0 unspecified atom stereocenters. The minimum absolute atomic E-state index is 0.0277. The molecule has 0 radical (unpaired) electrons. The van der Waals surface area contributed by atoms with Crippen molar-refractivity contribution in [2.24, 2.45) is 0 Å². The Morgan fingerprint density at radius 2 is 1.81 bits per heavy atom. The summed E-state index contributed by atoms with van der Waals surface area (Å²) >= 11 is 0. The summed E-state index contributed by atoms with van der Waals surface area (Å²) in [6.07, 6.45) is 0.947. The number of nitrogens with one attached hydrogen (secondary N) is 2. The molecule has 8 heteroatoms. The highest BCUT2D eigenvalue weighted by Gasteiger charge is 2.16. The van der Waals surface area contributed by atoms with Gasteiger partial charge in [-0.25, -0.2) is 12.8 Å². The van der Waals surface area contributed by atoms with Crippen LogP contribution in [-0.2, 0) is 14.8 Å². The molecule has 0 saturated heterocycles. The van der Waals surface area contributed by atoms with Gasteiger partial charge in [0.15, 0.2) is 18.2 Å². The molecule has 6 nitrogen and oxygen atoms in total. The van der Waals surface area contributed by atoms with Crippen molar-refractivity contribution in [1.82, 2.24) is 10.3 Å². The van der Waals surface area contributed by atoms with Crippen LogP contribution in [-0.4, -0.2) is 20.9 Å². The second-order valence-corrected chi connectivity index (χ2v) is 7.43. The molecule has 2 N–H and O–H groups in total. The van der Waals surface area contributed by atoms with Crippen molar-refractivity contribution >= 4 is 15.9 Å². The maximum Gasteiger partial charge on any atom is 0.272 e. The minimum Gasteiger partial charge on any atom is -0.481 e. The first-order valence-electron chi connectivity index (χ1n) is 8.11. The van der Waals surface area contributed by atoms with E-state index in [0.29, 0.717) is 5.92 Å². The molecule has 0 heterocycles. The van der Waals surface area contributed by atoms with Gasteiger partial charge in [-0.1, -0.05) is 38.1 Å². The number of sulfonamides is 1. The lowest BCUT2D eigenvalue weighted by Crippen LogP contribution is -2.43. The van der Waals surface area contributed by atoms with E-state index in [-0.39, 0.29) is 10.6 Å². The first-order chi connectivity index (χ1) is 12.3. The Morgan fingerprint density at radius 3 is 2.42 bits per heavy atom. The first-order valence-corrected chi connectivity index (χ1v) is 9.59. The van der Waals surface area contributed by atoms with Crippen LogP contribution >= 0.6 is 0 Å². The average Bonchev–Trinajstić information content (AvgIpc) is 2.65. The van der Waals surface area contributed by atoms with Gasteiger partial charge in [0.2, 0.25) is 0 Å². The van der Waals surface area contributed by atoms with Crippen molar-refractivity contribution in [2.75, 3.05) is 6.61 Å². The number of carbonyl (C=O) groups excluding carboxylic acids is 1. The normalized spacial score (nSPS) is 12.4. The quantitative estimate of drug-likeness (QED) is 0.690. The van der Waals surface area contributed by atoms with Gasteiger partial charge >= 0.3 is 0 Å². The Morgan fingerprint density at radius 1 is 1.15 bits per heavy atom. The summed E-state index contributed by atoms with van der Waals surface area (Å²) in [5.41, 5.74) is 3.07. The van der Waals surface area contributed by atoms with Gasteiger partial charge in [0.05, 0.1) is 4.90 Å². The Kier molecular flexibility index (Phi) is 6.70. The van der Waals surface area contributed by atoms with E-state index in [1.54, 1.807) is 18.2 Å². The number of halogens is 1. The van der Waals surface area contributed by atoms with Gasteiger partial charge in [-0.05, 0) is 42.2 Å². The van der Waals surface area contributed by atoms with E-state index in [2.05, 4.69) is 13.8 Å². The predicted molar refractivity (Wildman–Crippen MR) is 95.5 cm³/mol. The Labute approximate surface area is 152 Å². The van der Waals surface area contributed by atoms with Crippen LogP contribution < -0.4 is 15.0 Å². The molecule has 1 atom stereocenters. The van der Waals surface area contributed by atoms with Gasteiger partial charge in [0, 0.05) is 0 Å². The van der Waals surface area contributed by atoms with Crippen LogP contribution in [0.25, 0.3) is 0 Å². The Hall–Kier alpha value is -2.45. The third-order valence-corrected chi connectivity index (χ3v) is 5.16. The van der Waals surface area contributed by atoms with Crippen molar-refractivity contribution in [1.29, 1.82) is 0 Å². The highest BCUT2D eigenvalue weighted by molar-refractivity contribution is 7.89. The summed E-state index contributed by atoms with van der Waals surface area (Å²) in [5.74, 6) is -1.13. The van der Waals surface area contributed by atoms with E-state index in [4.69, 9.17) is 4.74 Å². The third kappa shape index (κ3) is 5.27. The summed E-state index contributed by atoms with van der Waals surface area (Å²) in [6.45, 7) is 3.57. The molecular formula is C18H21FN2O4S. The van der Waals surface area contributed by atoms with Gasteiger partial charge < -0.3 is 4.74 Å². The van der Waals surface area contributed by atoms with Gasteiger partial charge in [-0.2, -0.15) is 0 Å². The summed E-state index contributed by atoms with van der Waals surface area (Å²) in [7, 11) is -3.91. The highest BCUT2D eigenvalue weighted by Crippen LogP contribution is 2.20. The van der Waals surface area contributed by atoms with E-state index < -0.39 is 28.4 Å². The maximum absolute atomic E-state index is 13.4. The number of para-hydroxylation sites is 1. The number of carbonyl (C=O) groups is 1. The van der Waals surface area contributed by atoms with Crippen molar-refractivity contribution < 1.29 is 22.3 Å². The predicted octanol–water partition coefficient (Wildman–Crippen LogP) is 2.73. The average molecular weight is 380 g/mol. The van der Waals surface area contributed by atoms with Crippen molar-refractivity contribution in [3.8, 4) is 5.75 Å². The largest absolute Gasteiger partial charge is 0.481 e. The number of rotatable bonds is 8. The fraction of sp³-hybridized carbons (Fsp3) is 0.278. The number of benzene rings is 2.